The van der Waals surface area contributed by atoms with Gasteiger partial charge in [-0.1, -0.05) is 12.1 Å². The number of halogens is 3. The van der Waals surface area contributed by atoms with Crippen molar-refractivity contribution in [1.82, 2.24) is 15.6 Å². The van der Waals surface area contributed by atoms with Crippen LogP contribution in [-0.4, -0.2) is 24.0 Å². The van der Waals surface area contributed by atoms with Gasteiger partial charge in [0.15, 0.2) is 5.96 Å². The van der Waals surface area contributed by atoms with Crippen LogP contribution in [0.1, 0.15) is 33.6 Å². The van der Waals surface area contributed by atoms with E-state index in [1.807, 2.05) is 20.8 Å². The van der Waals surface area contributed by atoms with Gasteiger partial charge in [-0.05, 0) is 38.5 Å². The molecule has 0 amide bonds. The Hall–Kier alpha value is -2.09. The molecular weight excluding hydrogens is 361 g/mol. The van der Waals surface area contributed by atoms with Gasteiger partial charge in [-0.3, -0.25) is 0 Å². The number of hydrogen-bond donors (Lipinski definition) is 2. The van der Waals surface area contributed by atoms with Crippen LogP contribution in [0.15, 0.2) is 29.3 Å². The Labute approximate surface area is 155 Å². The van der Waals surface area contributed by atoms with Gasteiger partial charge >= 0.3 is 6.18 Å². The van der Waals surface area contributed by atoms with Crippen LogP contribution in [0, 0.1) is 13.8 Å². The van der Waals surface area contributed by atoms with Gasteiger partial charge in [0.2, 0.25) is 0 Å². The van der Waals surface area contributed by atoms with Crippen molar-refractivity contribution in [3.8, 4) is 0 Å². The van der Waals surface area contributed by atoms with E-state index in [-0.39, 0.29) is 6.54 Å². The topological polar surface area (TPSA) is 49.3 Å². The monoisotopic (exact) mass is 384 g/mol. The van der Waals surface area contributed by atoms with Gasteiger partial charge in [0.1, 0.15) is 0 Å². The van der Waals surface area contributed by atoms with Crippen molar-refractivity contribution < 1.29 is 13.2 Å². The van der Waals surface area contributed by atoms with Gasteiger partial charge in [0.25, 0.3) is 0 Å². The molecule has 0 aliphatic rings. The Kier molecular flexibility index (Phi) is 7.02. The van der Waals surface area contributed by atoms with Crippen LogP contribution in [0.3, 0.4) is 0 Å². The van der Waals surface area contributed by atoms with E-state index in [4.69, 9.17) is 0 Å². The number of aryl methyl sites for hydroxylation is 2. The first-order chi connectivity index (χ1) is 12.3. The van der Waals surface area contributed by atoms with Crippen molar-refractivity contribution in [3.05, 3.63) is 51.0 Å². The van der Waals surface area contributed by atoms with Crippen molar-refractivity contribution >= 4 is 17.3 Å². The van der Waals surface area contributed by atoms with Crippen LogP contribution in [0.4, 0.5) is 13.2 Å². The zero-order valence-corrected chi connectivity index (χ0v) is 15.9. The van der Waals surface area contributed by atoms with E-state index in [0.29, 0.717) is 24.6 Å². The molecule has 1 aromatic carbocycles. The largest absolute Gasteiger partial charge is 0.416 e. The number of nitrogens with one attached hydrogen (secondary N) is 2. The summed E-state index contributed by atoms with van der Waals surface area (Å²) in [4.78, 5) is 10.0. The molecule has 26 heavy (non-hydrogen) atoms. The second kappa shape index (κ2) is 9.02. The number of guanidine groups is 1. The first-order valence-electron chi connectivity index (χ1n) is 8.40. The van der Waals surface area contributed by atoms with E-state index in [9.17, 15) is 13.2 Å². The molecule has 2 N–H and O–H groups in total. The lowest BCUT2D eigenvalue weighted by atomic mass is 10.1. The molecule has 0 fully saturated rings. The fourth-order valence-electron chi connectivity index (χ4n) is 2.46. The molecule has 0 atom stereocenters. The molecule has 0 saturated carbocycles. The molecule has 2 aromatic rings. The first kappa shape index (κ1) is 20.2. The Morgan fingerprint density at radius 2 is 2.00 bits per heavy atom. The Bertz CT molecular complexity index is 753. The van der Waals surface area contributed by atoms with Crippen molar-refractivity contribution in [3.63, 3.8) is 0 Å². The molecule has 0 bridgehead atoms. The highest BCUT2D eigenvalue weighted by Crippen LogP contribution is 2.29. The van der Waals surface area contributed by atoms with Gasteiger partial charge in [0.05, 0.1) is 22.8 Å². The number of aromatic nitrogens is 1. The molecular formula is C18H23F3N4S. The lowest BCUT2D eigenvalue weighted by molar-refractivity contribution is -0.137. The summed E-state index contributed by atoms with van der Waals surface area (Å²) >= 11 is 1.68. The van der Waals surface area contributed by atoms with Crippen LogP contribution in [0.25, 0.3) is 0 Å². The Morgan fingerprint density at radius 3 is 2.62 bits per heavy atom. The van der Waals surface area contributed by atoms with E-state index in [1.54, 1.807) is 17.4 Å². The molecule has 0 aliphatic heterocycles. The highest BCUT2D eigenvalue weighted by atomic mass is 32.1. The van der Waals surface area contributed by atoms with Gasteiger partial charge in [-0.25, -0.2) is 9.98 Å². The molecule has 4 nitrogen and oxygen atoms in total. The number of aliphatic imine (C=N–C) groups is 1. The third-order valence-corrected chi connectivity index (χ3v) is 4.80. The van der Waals surface area contributed by atoms with Gasteiger partial charge in [0, 0.05) is 24.4 Å². The zero-order chi connectivity index (χ0) is 19.2. The van der Waals surface area contributed by atoms with Crippen LogP contribution in [-0.2, 0) is 19.1 Å². The SMILES string of the molecule is CCNC(=NCc1cccc(C(F)(F)F)c1)NCCc1sc(C)nc1C. The lowest BCUT2D eigenvalue weighted by Crippen LogP contribution is -2.38. The minimum Gasteiger partial charge on any atom is -0.357 e. The van der Waals surface area contributed by atoms with E-state index < -0.39 is 11.7 Å². The molecule has 2 rings (SSSR count). The fourth-order valence-corrected chi connectivity index (χ4v) is 3.39. The molecule has 142 valence electrons. The van der Waals surface area contributed by atoms with Crippen LogP contribution in [0.5, 0.6) is 0 Å². The third-order valence-electron chi connectivity index (χ3n) is 3.66. The third kappa shape index (κ3) is 6.01. The lowest BCUT2D eigenvalue weighted by Gasteiger charge is -2.12. The predicted octanol–water partition coefficient (Wildman–Crippen LogP) is 4.08. The van der Waals surface area contributed by atoms with E-state index in [0.717, 1.165) is 29.3 Å². The zero-order valence-electron chi connectivity index (χ0n) is 15.1. The number of alkyl halides is 3. The van der Waals surface area contributed by atoms with Crippen LogP contribution < -0.4 is 10.6 Å². The molecule has 0 unspecified atom stereocenters. The first-order valence-corrected chi connectivity index (χ1v) is 9.22. The molecule has 1 aromatic heterocycles. The highest BCUT2D eigenvalue weighted by molar-refractivity contribution is 7.11. The number of hydrogen-bond acceptors (Lipinski definition) is 3. The standard InChI is InChI=1S/C18H23F3N4S/c1-4-22-17(23-9-8-16-12(2)25-13(3)26-16)24-11-14-6-5-7-15(10-14)18(19,20)21/h5-7,10H,4,8-9,11H2,1-3H3,(H2,22,23,24). The number of thiazole rings is 1. The number of rotatable bonds is 6. The van der Waals surface area contributed by atoms with Crippen molar-refractivity contribution in [2.45, 2.75) is 39.9 Å². The maximum Gasteiger partial charge on any atom is 0.416 e. The number of nitrogens with zero attached hydrogens (tertiary/aromatic N) is 2. The molecule has 0 radical (unpaired) electrons. The minimum atomic E-state index is -4.34. The summed E-state index contributed by atoms with van der Waals surface area (Å²) in [6.07, 6.45) is -3.52. The summed E-state index contributed by atoms with van der Waals surface area (Å²) in [5.41, 5.74) is 0.908. The molecule has 0 aliphatic carbocycles. The van der Waals surface area contributed by atoms with Crippen molar-refractivity contribution in [1.29, 1.82) is 0 Å². The molecule has 1 heterocycles. The maximum atomic E-state index is 12.8. The van der Waals surface area contributed by atoms with E-state index in [1.165, 1.54) is 10.9 Å². The van der Waals surface area contributed by atoms with Crippen molar-refractivity contribution in [2.75, 3.05) is 13.1 Å². The van der Waals surface area contributed by atoms with E-state index in [2.05, 4.69) is 20.6 Å². The van der Waals surface area contributed by atoms with E-state index >= 15 is 0 Å². The quantitative estimate of drug-likeness (QED) is 0.583. The maximum absolute atomic E-state index is 12.8. The van der Waals surface area contributed by atoms with Gasteiger partial charge in [-0.2, -0.15) is 13.2 Å². The predicted molar refractivity (Wildman–Crippen MR) is 99.6 cm³/mol. The van der Waals surface area contributed by atoms with Crippen LogP contribution >= 0.6 is 11.3 Å². The summed E-state index contributed by atoms with van der Waals surface area (Å²) < 4.78 is 38.4. The van der Waals surface area contributed by atoms with Gasteiger partial charge in [-0.15, -0.1) is 11.3 Å². The second-order valence-corrected chi connectivity index (χ2v) is 7.10. The number of benzene rings is 1. The average Bonchev–Trinajstić information content (AvgIpc) is 2.89. The van der Waals surface area contributed by atoms with Crippen molar-refractivity contribution in [2.24, 2.45) is 4.99 Å². The summed E-state index contributed by atoms with van der Waals surface area (Å²) in [7, 11) is 0. The Morgan fingerprint density at radius 1 is 1.23 bits per heavy atom. The summed E-state index contributed by atoms with van der Waals surface area (Å²) in [6, 6.07) is 5.25. The van der Waals surface area contributed by atoms with Crippen LogP contribution in [0.2, 0.25) is 0 Å². The summed E-state index contributed by atoms with van der Waals surface area (Å²) in [5, 5.41) is 7.37. The second-order valence-electron chi connectivity index (χ2n) is 5.81. The minimum absolute atomic E-state index is 0.179. The molecule has 8 heteroatoms. The summed E-state index contributed by atoms with van der Waals surface area (Å²) in [6.45, 7) is 7.45. The fraction of sp³-hybridized carbons (Fsp3) is 0.444. The normalized spacial score (nSPS) is 12.3. The average molecular weight is 384 g/mol. The smallest absolute Gasteiger partial charge is 0.357 e. The van der Waals surface area contributed by atoms with Gasteiger partial charge < -0.3 is 10.6 Å². The Balaban J connectivity index is 1.97. The molecule has 0 spiro atoms. The summed E-state index contributed by atoms with van der Waals surface area (Å²) in [5.74, 6) is 0.587. The molecule has 0 saturated heterocycles. The highest BCUT2D eigenvalue weighted by Gasteiger charge is 2.30.